The number of likely N-dealkylation sites (tertiary alicyclic amines) is 2. The van der Waals surface area contributed by atoms with Crippen LogP contribution in [0.4, 0.5) is 21.0 Å². The number of hydrogen-bond acceptors (Lipinski definition) is 12. The van der Waals surface area contributed by atoms with Crippen molar-refractivity contribution < 1.29 is 57.4 Å². The molecule has 2 unspecified atom stereocenters. The standard InChI is InChI=1S/C43H50N6O12/c1-42(2,3)60-40(58)48-34(52)20-18-30(38(48)56)46-22-26-24(36(46)54)12-10-14-28(26)44-32(50)16-8-7-9-17-33(51)45-29-15-11-13-25-27(29)23-47(37(25)55)31-19-21-35(53)49(39(31)57)41(59)61-43(4,5)6/h10-15,30-31H,7-9,16-23H2,1-6H3,(H,44,50)(H,45,51). The highest BCUT2D eigenvalue weighted by Crippen LogP contribution is 2.35. The molecule has 324 valence electrons. The zero-order chi connectivity index (χ0) is 44.6. The van der Waals surface area contributed by atoms with Crippen LogP contribution in [-0.2, 0) is 51.3 Å². The first-order valence-corrected chi connectivity index (χ1v) is 20.3. The van der Waals surface area contributed by atoms with Gasteiger partial charge in [-0.25, -0.2) is 9.59 Å². The molecule has 18 nitrogen and oxygen atoms in total. The van der Waals surface area contributed by atoms with E-state index >= 15 is 0 Å². The lowest BCUT2D eigenvalue weighted by atomic mass is 10.0. The molecule has 10 amide bonds. The Bertz CT molecular complexity index is 2070. The minimum Gasteiger partial charge on any atom is -0.443 e. The summed E-state index contributed by atoms with van der Waals surface area (Å²) in [4.78, 5) is 134. The van der Waals surface area contributed by atoms with E-state index in [-0.39, 0.29) is 63.4 Å². The van der Waals surface area contributed by atoms with Gasteiger partial charge in [0.2, 0.25) is 23.6 Å². The Morgan fingerprint density at radius 1 is 0.590 bits per heavy atom. The van der Waals surface area contributed by atoms with Crippen molar-refractivity contribution in [3.8, 4) is 0 Å². The number of anilines is 2. The summed E-state index contributed by atoms with van der Waals surface area (Å²) in [5, 5.41) is 5.70. The molecule has 4 heterocycles. The summed E-state index contributed by atoms with van der Waals surface area (Å²) in [7, 11) is 0. The maximum absolute atomic E-state index is 13.5. The maximum Gasteiger partial charge on any atom is 0.424 e. The third kappa shape index (κ3) is 9.63. The number of carbonyl (C=O) groups is 10. The maximum atomic E-state index is 13.5. The van der Waals surface area contributed by atoms with E-state index in [1.807, 2.05) is 0 Å². The van der Waals surface area contributed by atoms with Crippen LogP contribution in [0.2, 0.25) is 0 Å². The van der Waals surface area contributed by atoms with Crippen molar-refractivity contribution in [1.29, 1.82) is 0 Å². The van der Waals surface area contributed by atoms with Gasteiger partial charge in [-0.3, -0.25) is 38.4 Å². The van der Waals surface area contributed by atoms with E-state index in [4.69, 9.17) is 9.47 Å². The Balaban J connectivity index is 0.977. The molecule has 2 fully saturated rings. The number of hydrogen-bond donors (Lipinski definition) is 2. The van der Waals surface area contributed by atoms with Gasteiger partial charge in [-0.15, -0.1) is 0 Å². The first kappa shape index (κ1) is 44.1. The summed E-state index contributed by atoms with van der Waals surface area (Å²) in [6.45, 7) is 9.61. The zero-order valence-corrected chi connectivity index (χ0v) is 35.1. The molecule has 0 aromatic heterocycles. The fourth-order valence-electron chi connectivity index (χ4n) is 7.73. The van der Waals surface area contributed by atoms with E-state index in [0.717, 1.165) is 0 Å². The monoisotopic (exact) mass is 842 g/mol. The van der Waals surface area contributed by atoms with Crippen molar-refractivity contribution in [3.05, 3.63) is 58.7 Å². The Labute approximate surface area is 352 Å². The number of ether oxygens (including phenoxy) is 2. The third-order valence-electron chi connectivity index (χ3n) is 10.5. The highest BCUT2D eigenvalue weighted by molar-refractivity contribution is 6.15. The smallest absolute Gasteiger partial charge is 0.424 e. The van der Waals surface area contributed by atoms with Crippen LogP contribution in [0.3, 0.4) is 0 Å². The lowest BCUT2D eigenvalue weighted by Gasteiger charge is -2.35. The predicted molar refractivity (Wildman–Crippen MR) is 215 cm³/mol. The molecular weight excluding hydrogens is 793 g/mol. The number of amides is 10. The highest BCUT2D eigenvalue weighted by Gasteiger charge is 2.48. The molecule has 61 heavy (non-hydrogen) atoms. The van der Waals surface area contributed by atoms with Gasteiger partial charge in [0.25, 0.3) is 23.6 Å². The van der Waals surface area contributed by atoms with E-state index in [1.165, 1.54) is 9.80 Å². The molecule has 0 saturated carbocycles. The molecule has 0 spiro atoms. The first-order valence-electron chi connectivity index (χ1n) is 20.3. The van der Waals surface area contributed by atoms with E-state index in [0.29, 0.717) is 62.7 Å². The van der Waals surface area contributed by atoms with Crippen LogP contribution in [0.5, 0.6) is 0 Å². The average molecular weight is 843 g/mol. The number of imide groups is 6. The number of nitrogens with one attached hydrogen (secondary N) is 2. The summed E-state index contributed by atoms with van der Waals surface area (Å²) in [5.74, 6) is -4.66. The molecule has 4 aliphatic rings. The van der Waals surface area contributed by atoms with Crippen LogP contribution in [0.1, 0.15) is 131 Å². The Morgan fingerprint density at radius 2 is 0.967 bits per heavy atom. The van der Waals surface area contributed by atoms with E-state index in [9.17, 15) is 47.9 Å². The number of benzene rings is 2. The Morgan fingerprint density at radius 3 is 1.33 bits per heavy atom. The Kier molecular flexibility index (Phi) is 12.5. The highest BCUT2D eigenvalue weighted by atomic mass is 16.6. The molecular formula is C43H50N6O12. The lowest BCUT2D eigenvalue weighted by Crippen LogP contribution is -2.57. The fraction of sp³-hybridized carbons (Fsp3) is 0.488. The van der Waals surface area contributed by atoms with Gasteiger partial charge in [0.05, 0.1) is 0 Å². The Hall–Kier alpha value is -6.46. The molecule has 2 atom stereocenters. The molecule has 0 aliphatic carbocycles. The summed E-state index contributed by atoms with van der Waals surface area (Å²) >= 11 is 0. The molecule has 2 aromatic rings. The van der Waals surface area contributed by atoms with Crippen molar-refractivity contribution in [2.75, 3.05) is 10.6 Å². The number of fused-ring (bicyclic) bond motifs is 2. The van der Waals surface area contributed by atoms with Crippen molar-refractivity contribution in [1.82, 2.24) is 19.6 Å². The van der Waals surface area contributed by atoms with Crippen LogP contribution < -0.4 is 10.6 Å². The van der Waals surface area contributed by atoms with Crippen molar-refractivity contribution in [3.63, 3.8) is 0 Å². The molecule has 2 aromatic carbocycles. The quantitative estimate of drug-likeness (QED) is 0.237. The normalized spacial score (nSPS) is 19.2. The summed E-state index contributed by atoms with van der Waals surface area (Å²) in [6.07, 6.45) is -0.715. The topological polar surface area (TPSA) is 226 Å². The summed E-state index contributed by atoms with van der Waals surface area (Å²) in [5.41, 5.74) is 0.492. The predicted octanol–water partition coefficient (Wildman–Crippen LogP) is 5.03. The second-order valence-corrected chi connectivity index (χ2v) is 17.4. The minimum atomic E-state index is -1.10. The van der Waals surface area contributed by atoms with Crippen molar-refractivity contribution >= 4 is 70.8 Å². The first-order chi connectivity index (χ1) is 28.6. The number of rotatable bonds is 10. The van der Waals surface area contributed by atoms with Gasteiger partial charge in [-0.2, -0.15) is 9.80 Å². The van der Waals surface area contributed by atoms with Crippen molar-refractivity contribution in [2.45, 2.75) is 136 Å². The van der Waals surface area contributed by atoms with Crippen LogP contribution in [0, 0.1) is 0 Å². The largest absolute Gasteiger partial charge is 0.443 e. The van der Waals surface area contributed by atoms with Gasteiger partial charge in [0.1, 0.15) is 23.3 Å². The number of carbonyl (C=O) groups excluding carboxylic acids is 10. The van der Waals surface area contributed by atoms with E-state index in [1.54, 1.807) is 77.9 Å². The zero-order valence-electron chi connectivity index (χ0n) is 35.1. The van der Waals surface area contributed by atoms with E-state index in [2.05, 4.69) is 10.6 Å². The van der Waals surface area contributed by atoms with E-state index < -0.39 is 70.9 Å². The second kappa shape index (κ2) is 17.3. The molecule has 2 N–H and O–H groups in total. The number of nitrogens with zero attached hydrogens (tertiary/aromatic N) is 4. The molecule has 4 aliphatic heterocycles. The third-order valence-corrected chi connectivity index (χ3v) is 10.5. The van der Waals surface area contributed by atoms with Crippen LogP contribution in [0.25, 0.3) is 0 Å². The summed E-state index contributed by atoms with van der Waals surface area (Å²) in [6, 6.07) is 7.54. The molecule has 2 saturated heterocycles. The van der Waals surface area contributed by atoms with Gasteiger partial charge < -0.3 is 29.9 Å². The second-order valence-electron chi connectivity index (χ2n) is 17.4. The average Bonchev–Trinajstić information content (AvgIpc) is 3.67. The van der Waals surface area contributed by atoms with Crippen molar-refractivity contribution in [2.24, 2.45) is 0 Å². The molecule has 6 rings (SSSR count). The van der Waals surface area contributed by atoms with Crippen LogP contribution in [-0.4, -0.2) is 102 Å². The van der Waals surface area contributed by atoms with Gasteiger partial charge in [-0.05, 0) is 91.5 Å². The van der Waals surface area contributed by atoms with Gasteiger partial charge >= 0.3 is 12.2 Å². The fourth-order valence-corrected chi connectivity index (χ4v) is 7.73. The lowest BCUT2D eigenvalue weighted by molar-refractivity contribution is -0.152. The van der Waals surface area contributed by atoms with Crippen LogP contribution >= 0.6 is 0 Å². The van der Waals surface area contributed by atoms with Crippen LogP contribution in [0.15, 0.2) is 36.4 Å². The summed E-state index contributed by atoms with van der Waals surface area (Å²) < 4.78 is 10.5. The number of piperidine rings is 2. The van der Waals surface area contributed by atoms with Gasteiger partial charge in [-0.1, -0.05) is 18.6 Å². The SMILES string of the molecule is CC(C)(C)OC(=O)N1C(=O)CCC(N2Cc3c(NC(=O)CCCCCC(=O)Nc4cccc5c4CN(C4CCC(=O)N(C(=O)OC(C)(C)C)C4=O)C5=O)cccc3C2=O)C1=O. The molecule has 18 heteroatoms. The molecule has 0 bridgehead atoms. The minimum absolute atomic E-state index is 0.0181. The number of unbranched alkanes of at least 4 members (excludes halogenated alkanes) is 2. The molecule has 0 radical (unpaired) electrons. The van der Waals surface area contributed by atoms with Gasteiger partial charge in [0, 0.05) is 72.4 Å². The van der Waals surface area contributed by atoms with Gasteiger partial charge in [0.15, 0.2) is 0 Å².